The summed E-state index contributed by atoms with van der Waals surface area (Å²) in [4.78, 5) is 4.24. The number of benzene rings is 2. The first-order chi connectivity index (χ1) is 14.2. The van der Waals surface area contributed by atoms with E-state index in [-0.39, 0.29) is 11.5 Å². The number of halogens is 4. The third-order valence-electron chi connectivity index (χ3n) is 4.82. The third-order valence-corrected chi connectivity index (χ3v) is 4.82. The highest BCUT2D eigenvalue weighted by Gasteiger charge is 2.60. The normalized spacial score (nSPS) is 18.9. The van der Waals surface area contributed by atoms with E-state index in [9.17, 15) is 22.7 Å². The lowest BCUT2D eigenvalue weighted by Gasteiger charge is -2.22. The number of hydrogen-bond acceptors (Lipinski definition) is 4. The zero-order valence-electron chi connectivity index (χ0n) is 15.6. The minimum Gasteiger partial charge on any atom is -0.350 e. The molecule has 0 saturated heterocycles. The fourth-order valence-corrected chi connectivity index (χ4v) is 3.14. The second kappa shape index (κ2) is 7.56. The Morgan fingerprint density at radius 2 is 1.80 bits per heavy atom. The van der Waals surface area contributed by atoms with Gasteiger partial charge in [0.2, 0.25) is 0 Å². The van der Waals surface area contributed by atoms with Crippen LogP contribution in [-0.4, -0.2) is 32.6 Å². The molecular formula is C21H17F4N3O2. The Labute approximate surface area is 169 Å². The molecule has 2 heterocycles. The number of hydrogen-bond donors (Lipinski definition) is 1. The lowest BCUT2D eigenvalue weighted by molar-refractivity contribution is -0.355. The van der Waals surface area contributed by atoms with Crippen LogP contribution < -0.4 is 0 Å². The molecule has 0 amide bonds. The monoisotopic (exact) mass is 419 g/mol. The van der Waals surface area contributed by atoms with Gasteiger partial charge in [-0.25, -0.2) is 4.39 Å². The summed E-state index contributed by atoms with van der Waals surface area (Å²) in [5, 5.41) is 17.4. The van der Waals surface area contributed by atoms with Gasteiger partial charge in [0, 0.05) is 18.2 Å². The Bertz CT molecular complexity index is 1080. The highest BCUT2D eigenvalue weighted by Crippen LogP contribution is 2.38. The minimum atomic E-state index is -4.93. The molecule has 0 aliphatic carbocycles. The summed E-state index contributed by atoms with van der Waals surface area (Å²) in [6, 6.07) is 15.1. The number of aromatic nitrogens is 2. The summed E-state index contributed by atoms with van der Waals surface area (Å²) in [6.45, 7) is 0.313. The average Bonchev–Trinajstić information content (AvgIpc) is 3.31. The van der Waals surface area contributed by atoms with Crippen LogP contribution in [0.4, 0.5) is 17.6 Å². The van der Waals surface area contributed by atoms with E-state index in [1.807, 2.05) is 6.07 Å². The van der Waals surface area contributed by atoms with E-state index in [2.05, 4.69) is 15.1 Å². The Morgan fingerprint density at radius 3 is 2.47 bits per heavy atom. The first-order valence-corrected chi connectivity index (χ1v) is 9.13. The minimum absolute atomic E-state index is 0.0236. The van der Waals surface area contributed by atoms with Gasteiger partial charge in [-0.2, -0.15) is 18.3 Å². The van der Waals surface area contributed by atoms with Crippen molar-refractivity contribution in [1.29, 1.82) is 0 Å². The number of nitrogens with zero attached hydrogens (tertiary/aromatic N) is 3. The zero-order valence-corrected chi connectivity index (χ0v) is 15.6. The van der Waals surface area contributed by atoms with E-state index in [1.165, 1.54) is 6.07 Å². The van der Waals surface area contributed by atoms with Crippen molar-refractivity contribution in [3.05, 3.63) is 89.0 Å². The maximum Gasteiger partial charge on any atom is 0.458 e. The summed E-state index contributed by atoms with van der Waals surface area (Å²) >= 11 is 0. The zero-order chi connectivity index (χ0) is 21.4. The second-order valence-corrected chi connectivity index (χ2v) is 7.06. The van der Waals surface area contributed by atoms with Gasteiger partial charge in [0.1, 0.15) is 5.82 Å². The van der Waals surface area contributed by atoms with Gasteiger partial charge in [-0.1, -0.05) is 47.6 Å². The summed E-state index contributed by atoms with van der Waals surface area (Å²) in [6.07, 6.45) is -3.44. The van der Waals surface area contributed by atoms with Crippen LogP contribution in [0.2, 0.25) is 0 Å². The van der Waals surface area contributed by atoms with Crippen LogP contribution in [0.15, 0.2) is 65.9 Å². The van der Waals surface area contributed by atoms with Crippen molar-refractivity contribution in [3.63, 3.8) is 0 Å². The molecule has 0 fully saturated rings. The maximum atomic E-state index is 13.8. The quantitative estimate of drug-likeness (QED) is 0.635. The van der Waals surface area contributed by atoms with Crippen molar-refractivity contribution in [2.75, 3.05) is 0 Å². The van der Waals surface area contributed by atoms with Crippen LogP contribution in [-0.2, 0) is 17.8 Å². The fraction of sp³-hybridized carbons (Fsp3) is 0.238. The van der Waals surface area contributed by atoms with Crippen molar-refractivity contribution in [3.8, 4) is 0 Å². The summed E-state index contributed by atoms with van der Waals surface area (Å²) in [7, 11) is 0. The van der Waals surface area contributed by atoms with Crippen LogP contribution in [0, 0.1) is 5.82 Å². The fourth-order valence-electron chi connectivity index (χ4n) is 3.14. The van der Waals surface area contributed by atoms with Crippen molar-refractivity contribution < 1.29 is 27.5 Å². The summed E-state index contributed by atoms with van der Waals surface area (Å²) in [5.41, 5.74) is 2.65. The Balaban J connectivity index is 1.40. The first-order valence-electron chi connectivity index (χ1n) is 9.13. The van der Waals surface area contributed by atoms with Gasteiger partial charge < -0.3 is 9.94 Å². The Hall–Kier alpha value is -3.20. The molecule has 1 atom stereocenters. The maximum absolute atomic E-state index is 13.8. The van der Waals surface area contributed by atoms with Gasteiger partial charge in [0.05, 0.1) is 24.4 Å². The van der Waals surface area contributed by atoms with Gasteiger partial charge in [0.15, 0.2) is 0 Å². The van der Waals surface area contributed by atoms with Crippen LogP contribution in [0.25, 0.3) is 0 Å². The van der Waals surface area contributed by atoms with E-state index < -0.39 is 18.4 Å². The van der Waals surface area contributed by atoms with Gasteiger partial charge in [-0.15, -0.1) is 0 Å². The molecular weight excluding hydrogens is 402 g/mol. The van der Waals surface area contributed by atoms with E-state index >= 15 is 0 Å². The molecule has 1 unspecified atom stereocenters. The molecule has 30 heavy (non-hydrogen) atoms. The number of aliphatic hydroxyl groups is 1. The molecule has 1 aromatic heterocycles. The first kappa shape index (κ1) is 20.1. The van der Waals surface area contributed by atoms with E-state index in [4.69, 9.17) is 0 Å². The highest BCUT2D eigenvalue weighted by molar-refractivity contribution is 6.01. The molecule has 0 saturated carbocycles. The predicted octanol–water partition coefficient (Wildman–Crippen LogP) is 4.04. The molecule has 156 valence electrons. The lowest BCUT2D eigenvalue weighted by Crippen LogP contribution is -2.45. The third kappa shape index (κ3) is 4.06. The average molecular weight is 419 g/mol. The number of alkyl halides is 3. The van der Waals surface area contributed by atoms with Crippen molar-refractivity contribution in [2.24, 2.45) is 5.16 Å². The molecule has 2 aromatic carbocycles. The van der Waals surface area contributed by atoms with Crippen molar-refractivity contribution in [1.82, 2.24) is 9.78 Å². The summed E-state index contributed by atoms with van der Waals surface area (Å²) < 4.78 is 53.9. The largest absolute Gasteiger partial charge is 0.458 e. The Kier molecular flexibility index (Phi) is 5.07. The molecule has 5 nitrogen and oxygen atoms in total. The molecule has 0 spiro atoms. The van der Waals surface area contributed by atoms with E-state index in [0.717, 1.165) is 11.3 Å². The number of rotatable bonds is 5. The van der Waals surface area contributed by atoms with E-state index in [1.54, 1.807) is 53.3 Å². The van der Waals surface area contributed by atoms with Crippen molar-refractivity contribution in [2.45, 2.75) is 31.3 Å². The van der Waals surface area contributed by atoms with Gasteiger partial charge >= 0.3 is 12.0 Å². The molecule has 9 heteroatoms. The van der Waals surface area contributed by atoms with Gasteiger partial charge in [-0.05, 0) is 23.3 Å². The smallest absolute Gasteiger partial charge is 0.350 e. The molecule has 0 radical (unpaired) electrons. The standard InChI is InChI=1S/C21H17F4N3O2/c22-18-4-2-1-3-16(18)13-28-10-9-17(26-28)11-14-5-7-15(8-6-14)19-12-20(29,30-27-19)21(23,24)25/h1-10,29H,11-13H2. The predicted molar refractivity (Wildman–Crippen MR) is 100 cm³/mol. The van der Waals surface area contributed by atoms with Crippen LogP contribution in [0.1, 0.15) is 28.8 Å². The van der Waals surface area contributed by atoms with Gasteiger partial charge in [0.25, 0.3) is 0 Å². The Morgan fingerprint density at radius 1 is 1.07 bits per heavy atom. The second-order valence-electron chi connectivity index (χ2n) is 7.06. The van der Waals surface area contributed by atoms with Crippen LogP contribution >= 0.6 is 0 Å². The van der Waals surface area contributed by atoms with Crippen molar-refractivity contribution >= 4 is 5.71 Å². The van der Waals surface area contributed by atoms with Crippen LogP contribution in [0.5, 0.6) is 0 Å². The highest BCUT2D eigenvalue weighted by atomic mass is 19.4. The summed E-state index contributed by atoms with van der Waals surface area (Å²) in [5.74, 6) is -3.58. The molecule has 4 rings (SSSR count). The molecule has 1 aliphatic rings. The SMILES string of the molecule is OC1(C(F)(F)F)CC(c2ccc(Cc3ccn(Cc4ccccc4F)n3)cc2)=NO1. The molecule has 1 aliphatic heterocycles. The molecule has 1 N–H and O–H groups in total. The number of oxime groups is 1. The molecule has 3 aromatic rings. The molecule has 0 bridgehead atoms. The topological polar surface area (TPSA) is 59.6 Å². The van der Waals surface area contributed by atoms with Gasteiger partial charge in [-0.3, -0.25) is 4.68 Å². The van der Waals surface area contributed by atoms with Crippen LogP contribution in [0.3, 0.4) is 0 Å². The lowest BCUT2D eigenvalue weighted by atomic mass is 10.0. The van der Waals surface area contributed by atoms with E-state index in [0.29, 0.717) is 24.1 Å².